The van der Waals surface area contributed by atoms with Crippen LogP contribution in [0, 0.1) is 0 Å². The molecule has 1 saturated heterocycles. The van der Waals surface area contributed by atoms with E-state index < -0.39 is 6.04 Å². The molecule has 8 nitrogen and oxygen atoms in total. The summed E-state index contributed by atoms with van der Waals surface area (Å²) in [6, 6.07) is 1.13. The molecule has 0 aliphatic carbocycles. The molecule has 0 aromatic carbocycles. The van der Waals surface area contributed by atoms with Gasteiger partial charge >= 0.3 is 0 Å². The van der Waals surface area contributed by atoms with Crippen LogP contribution < -0.4 is 21.5 Å². The predicted octanol–water partition coefficient (Wildman–Crippen LogP) is -0.0890. The van der Waals surface area contributed by atoms with E-state index in [1.54, 1.807) is 17.9 Å². The monoisotopic (exact) mass is 292 g/mol. The van der Waals surface area contributed by atoms with Gasteiger partial charge in [0.2, 0.25) is 11.8 Å². The summed E-state index contributed by atoms with van der Waals surface area (Å²) in [4.78, 5) is 33.8. The van der Waals surface area contributed by atoms with Crippen LogP contribution in [0.1, 0.15) is 33.5 Å². The summed E-state index contributed by atoms with van der Waals surface area (Å²) >= 11 is 0. The van der Waals surface area contributed by atoms with Crippen molar-refractivity contribution < 1.29 is 9.59 Å². The lowest BCUT2D eigenvalue weighted by Gasteiger charge is -2.33. The zero-order valence-corrected chi connectivity index (χ0v) is 12.6. The first-order chi connectivity index (χ1) is 9.72. The first kappa shape index (κ1) is 15.2. The van der Waals surface area contributed by atoms with Crippen LogP contribution in [0.3, 0.4) is 0 Å². The summed E-state index contributed by atoms with van der Waals surface area (Å²) < 4.78 is 0. The fourth-order valence-corrected chi connectivity index (χ4v) is 1.98. The van der Waals surface area contributed by atoms with Gasteiger partial charge in [0.05, 0.1) is 6.54 Å². The van der Waals surface area contributed by atoms with Gasteiger partial charge in [-0.3, -0.25) is 14.9 Å². The molecule has 0 bridgehead atoms. The van der Waals surface area contributed by atoms with Crippen molar-refractivity contribution in [3.63, 3.8) is 0 Å². The molecule has 0 saturated carbocycles. The van der Waals surface area contributed by atoms with E-state index in [9.17, 15) is 9.59 Å². The normalized spacial score (nSPS) is 19.5. The van der Waals surface area contributed by atoms with Crippen molar-refractivity contribution in [2.24, 2.45) is 5.84 Å². The number of imide groups is 1. The molecule has 0 radical (unpaired) electrons. The van der Waals surface area contributed by atoms with E-state index in [1.165, 1.54) is 0 Å². The average Bonchev–Trinajstić information content (AvgIpc) is 2.41. The number of piperazine rings is 1. The van der Waals surface area contributed by atoms with Gasteiger partial charge in [-0.05, 0) is 6.92 Å². The number of nitrogen functional groups attached to an aromatic ring is 1. The minimum Gasteiger partial charge on any atom is -0.335 e. The Bertz CT molecular complexity index is 581. The van der Waals surface area contributed by atoms with Crippen LogP contribution in [0.25, 0.3) is 0 Å². The maximum absolute atomic E-state index is 11.8. The van der Waals surface area contributed by atoms with Crippen LogP contribution in [-0.4, -0.2) is 34.4 Å². The second-order valence-electron chi connectivity index (χ2n) is 6.05. The summed E-state index contributed by atoms with van der Waals surface area (Å²) in [5.74, 6) is 6.27. The Morgan fingerprint density at radius 3 is 2.62 bits per heavy atom. The number of carbonyl (C=O) groups excluding carboxylic acids is 2. The number of hydrogen-bond acceptors (Lipinski definition) is 7. The van der Waals surface area contributed by atoms with Crippen molar-refractivity contribution in [1.82, 2.24) is 15.3 Å². The lowest BCUT2D eigenvalue weighted by Crippen LogP contribution is -2.57. The molecule has 2 heterocycles. The van der Waals surface area contributed by atoms with Gasteiger partial charge in [-0.25, -0.2) is 15.8 Å². The highest BCUT2D eigenvalue weighted by atomic mass is 16.2. The van der Waals surface area contributed by atoms with Crippen LogP contribution in [-0.2, 0) is 15.0 Å². The number of amides is 2. The van der Waals surface area contributed by atoms with E-state index in [0.717, 1.165) is 0 Å². The lowest BCUT2D eigenvalue weighted by molar-refractivity contribution is -0.132. The van der Waals surface area contributed by atoms with Gasteiger partial charge < -0.3 is 10.3 Å². The van der Waals surface area contributed by atoms with Crippen LogP contribution in [0.15, 0.2) is 6.07 Å². The van der Waals surface area contributed by atoms with Gasteiger partial charge in [-0.1, -0.05) is 20.8 Å². The SMILES string of the molecule is CC1C(=O)NC(=O)CN1c1cc(NN)nc(C(C)(C)C)n1. The first-order valence-electron chi connectivity index (χ1n) is 6.69. The molecule has 1 fully saturated rings. The zero-order chi connectivity index (χ0) is 15.8. The molecule has 1 aliphatic rings. The summed E-state index contributed by atoms with van der Waals surface area (Å²) in [6.45, 7) is 7.71. The Balaban J connectivity index is 2.47. The Kier molecular flexibility index (Phi) is 3.82. The third-order valence-corrected chi connectivity index (χ3v) is 3.25. The Hall–Kier alpha value is -2.22. The second kappa shape index (κ2) is 5.28. The molecular weight excluding hydrogens is 272 g/mol. The van der Waals surface area contributed by atoms with Gasteiger partial charge in [-0.2, -0.15) is 0 Å². The molecule has 1 atom stereocenters. The molecule has 2 amide bonds. The summed E-state index contributed by atoms with van der Waals surface area (Å²) in [6.07, 6.45) is 0. The van der Waals surface area contributed by atoms with Crippen LogP contribution in [0.2, 0.25) is 0 Å². The smallest absolute Gasteiger partial charge is 0.249 e. The molecule has 8 heteroatoms. The van der Waals surface area contributed by atoms with Crippen molar-refractivity contribution in [2.75, 3.05) is 16.9 Å². The van der Waals surface area contributed by atoms with Crippen molar-refractivity contribution in [3.05, 3.63) is 11.9 Å². The number of anilines is 2. The summed E-state index contributed by atoms with van der Waals surface area (Å²) in [7, 11) is 0. The van der Waals surface area contributed by atoms with E-state index in [2.05, 4.69) is 20.7 Å². The number of rotatable bonds is 2. The van der Waals surface area contributed by atoms with E-state index in [-0.39, 0.29) is 23.8 Å². The van der Waals surface area contributed by atoms with E-state index in [4.69, 9.17) is 5.84 Å². The van der Waals surface area contributed by atoms with Crippen molar-refractivity contribution >= 4 is 23.5 Å². The van der Waals surface area contributed by atoms with Gasteiger partial charge in [0.1, 0.15) is 23.5 Å². The summed E-state index contributed by atoms with van der Waals surface area (Å²) in [5.41, 5.74) is 2.21. The lowest BCUT2D eigenvalue weighted by atomic mass is 9.95. The zero-order valence-electron chi connectivity index (χ0n) is 12.6. The highest BCUT2D eigenvalue weighted by Crippen LogP contribution is 2.25. The molecule has 114 valence electrons. The minimum atomic E-state index is -0.490. The van der Waals surface area contributed by atoms with Gasteiger partial charge in [0.15, 0.2) is 0 Å². The van der Waals surface area contributed by atoms with Crippen LogP contribution in [0.4, 0.5) is 11.6 Å². The number of aromatic nitrogens is 2. The number of nitrogens with zero attached hydrogens (tertiary/aromatic N) is 3. The second-order valence-corrected chi connectivity index (χ2v) is 6.05. The maximum atomic E-state index is 11.8. The number of hydrogen-bond donors (Lipinski definition) is 3. The van der Waals surface area contributed by atoms with Gasteiger partial charge in [-0.15, -0.1) is 0 Å². The van der Waals surface area contributed by atoms with Crippen molar-refractivity contribution in [1.29, 1.82) is 0 Å². The van der Waals surface area contributed by atoms with E-state index >= 15 is 0 Å². The Morgan fingerprint density at radius 2 is 2.05 bits per heavy atom. The quantitative estimate of drug-likeness (QED) is 0.396. The Morgan fingerprint density at radius 1 is 1.38 bits per heavy atom. The number of hydrazine groups is 1. The fourth-order valence-electron chi connectivity index (χ4n) is 1.98. The number of nitrogens with two attached hydrogens (primary N) is 1. The van der Waals surface area contributed by atoms with Crippen molar-refractivity contribution in [2.45, 2.75) is 39.2 Å². The fraction of sp³-hybridized carbons (Fsp3) is 0.538. The third kappa shape index (κ3) is 3.10. The first-order valence-corrected chi connectivity index (χ1v) is 6.69. The molecule has 4 N–H and O–H groups in total. The molecule has 2 rings (SSSR count). The van der Waals surface area contributed by atoms with E-state index in [1.807, 2.05) is 20.8 Å². The highest BCUT2D eigenvalue weighted by Gasteiger charge is 2.32. The topological polar surface area (TPSA) is 113 Å². The summed E-state index contributed by atoms with van der Waals surface area (Å²) in [5, 5.41) is 2.30. The average molecular weight is 292 g/mol. The maximum Gasteiger partial charge on any atom is 0.249 e. The molecule has 0 spiro atoms. The molecule has 1 aliphatic heterocycles. The van der Waals surface area contributed by atoms with E-state index in [0.29, 0.717) is 17.5 Å². The van der Waals surface area contributed by atoms with Gasteiger partial charge in [0.25, 0.3) is 0 Å². The standard InChI is InChI=1S/C13H20N6O2/c1-7-11(21)17-10(20)6-19(7)9-5-8(18-14)15-12(16-9)13(2,3)4/h5,7H,6,14H2,1-4H3,(H,15,16,18)(H,17,20,21). The minimum absolute atomic E-state index is 0.0670. The third-order valence-electron chi connectivity index (χ3n) is 3.25. The molecule has 1 aromatic heterocycles. The molecule has 1 aromatic rings. The molecular formula is C13H20N6O2. The number of carbonyl (C=O) groups is 2. The van der Waals surface area contributed by atoms with Crippen molar-refractivity contribution in [3.8, 4) is 0 Å². The molecule has 1 unspecified atom stereocenters. The highest BCUT2D eigenvalue weighted by molar-refractivity contribution is 6.04. The predicted molar refractivity (Wildman–Crippen MR) is 78.5 cm³/mol. The number of nitrogens with one attached hydrogen (secondary N) is 2. The molecule has 21 heavy (non-hydrogen) atoms. The van der Waals surface area contributed by atoms with Gasteiger partial charge in [0, 0.05) is 11.5 Å². The van der Waals surface area contributed by atoms with Crippen LogP contribution in [0.5, 0.6) is 0 Å². The largest absolute Gasteiger partial charge is 0.335 e. The van der Waals surface area contributed by atoms with Crippen LogP contribution >= 0.6 is 0 Å². The Labute approximate surface area is 123 Å².